The Morgan fingerprint density at radius 3 is 2.24 bits per heavy atom. The lowest BCUT2D eigenvalue weighted by Crippen LogP contribution is -2.54. The summed E-state index contributed by atoms with van der Waals surface area (Å²) >= 11 is 24.2. The molecule has 0 atom stereocenters. The van der Waals surface area contributed by atoms with Crippen molar-refractivity contribution in [1.82, 2.24) is 5.32 Å². The third kappa shape index (κ3) is 6.72. The van der Waals surface area contributed by atoms with Gasteiger partial charge in [-0.25, -0.2) is 9.69 Å². The van der Waals surface area contributed by atoms with Crippen LogP contribution >= 0.6 is 46.4 Å². The summed E-state index contributed by atoms with van der Waals surface area (Å²) in [4.78, 5) is 39.7. The minimum Gasteiger partial charge on any atom is -0.489 e. The van der Waals surface area contributed by atoms with Crippen molar-refractivity contribution in [3.8, 4) is 11.5 Å². The molecule has 5 rings (SSSR count). The number of urea groups is 1. The van der Waals surface area contributed by atoms with Gasteiger partial charge in [-0.15, -0.1) is 0 Å². The van der Waals surface area contributed by atoms with Gasteiger partial charge in [-0.05, 0) is 66.2 Å². The molecule has 0 saturated carbocycles. The first-order valence-corrected chi connectivity index (χ1v) is 13.9. The summed E-state index contributed by atoms with van der Waals surface area (Å²) in [6, 6.07) is 22.5. The Bertz CT molecular complexity index is 1720. The largest absolute Gasteiger partial charge is 0.489 e. The Labute approximate surface area is 261 Å². The lowest BCUT2D eigenvalue weighted by Gasteiger charge is -2.26. The van der Waals surface area contributed by atoms with Crippen LogP contribution in [0.2, 0.25) is 20.1 Å². The van der Waals surface area contributed by atoms with Gasteiger partial charge >= 0.3 is 6.03 Å². The molecule has 4 aromatic carbocycles. The highest BCUT2D eigenvalue weighted by Crippen LogP contribution is 2.29. The molecule has 212 valence electrons. The minimum absolute atomic E-state index is 0.167. The number of benzene rings is 4. The number of ether oxygens (including phenoxy) is 2. The smallest absolute Gasteiger partial charge is 0.335 e. The minimum atomic E-state index is -0.868. The fraction of sp³-hybridized carbons (Fsp3) is 0.0645. The lowest BCUT2D eigenvalue weighted by atomic mass is 10.1. The lowest BCUT2D eigenvalue weighted by molar-refractivity contribution is -0.122. The van der Waals surface area contributed by atoms with E-state index in [1.54, 1.807) is 72.8 Å². The first-order valence-electron chi connectivity index (χ1n) is 12.4. The van der Waals surface area contributed by atoms with Crippen LogP contribution in [0.5, 0.6) is 11.5 Å². The van der Waals surface area contributed by atoms with Crippen LogP contribution in [0, 0.1) is 0 Å². The first kappa shape index (κ1) is 29.5. The predicted molar refractivity (Wildman–Crippen MR) is 163 cm³/mol. The van der Waals surface area contributed by atoms with E-state index in [4.69, 9.17) is 55.9 Å². The number of carbonyl (C=O) groups excluding carboxylic acids is 3. The second-order valence-corrected chi connectivity index (χ2v) is 10.7. The number of barbiturate groups is 1. The van der Waals surface area contributed by atoms with Gasteiger partial charge in [0.25, 0.3) is 11.8 Å². The van der Waals surface area contributed by atoms with Gasteiger partial charge in [-0.1, -0.05) is 76.7 Å². The van der Waals surface area contributed by atoms with Crippen molar-refractivity contribution in [3.05, 3.63) is 127 Å². The number of rotatable bonds is 8. The van der Waals surface area contributed by atoms with E-state index in [0.29, 0.717) is 37.2 Å². The Morgan fingerprint density at radius 1 is 0.738 bits per heavy atom. The van der Waals surface area contributed by atoms with Gasteiger partial charge in [0.15, 0.2) is 0 Å². The molecule has 1 aliphatic rings. The molecule has 1 fully saturated rings. The number of imide groups is 2. The fourth-order valence-corrected chi connectivity index (χ4v) is 4.84. The number of para-hydroxylation sites is 1. The quantitative estimate of drug-likeness (QED) is 0.155. The normalized spacial score (nSPS) is 14.2. The van der Waals surface area contributed by atoms with Crippen molar-refractivity contribution >= 4 is 76.0 Å². The summed E-state index contributed by atoms with van der Waals surface area (Å²) in [5, 5.41) is 4.04. The zero-order chi connectivity index (χ0) is 29.8. The van der Waals surface area contributed by atoms with Crippen molar-refractivity contribution in [2.24, 2.45) is 0 Å². The van der Waals surface area contributed by atoms with E-state index >= 15 is 0 Å². The molecule has 0 spiro atoms. The number of carbonyl (C=O) groups is 3. The monoisotopic (exact) mass is 640 g/mol. The molecule has 1 heterocycles. The maximum Gasteiger partial charge on any atom is 0.335 e. The summed E-state index contributed by atoms with van der Waals surface area (Å²) < 4.78 is 11.7. The second kappa shape index (κ2) is 12.9. The van der Waals surface area contributed by atoms with Crippen LogP contribution in [0.4, 0.5) is 10.5 Å². The van der Waals surface area contributed by atoms with Crippen LogP contribution in [-0.4, -0.2) is 17.8 Å². The number of halogens is 4. The number of nitrogens with one attached hydrogen (secondary N) is 1. The van der Waals surface area contributed by atoms with Gasteiger partial charge in [0.2, 0.25) is 0 Å². The number of nitrogens with zero attached hydrogens (tertiary/aromatic N) is 1. The molecule has 0 aliphatic carbocycles. The van der Waals surface area contributed by atoms with Crippen LogP contribution in [0.1, 0.15) is 16.7 Å². The summed E-state index contributed by atoms with van der Waals surface area (Å²) in [5.41, 5.74) is 1.99. The zero-order valence-corrected chi connectivity index (χ0v) is 24.6. The molecular weight excluding hydrogens is 622 g/mol. The van der Waals surface area contributed by atoms with E-state index in [0.717, 1.165) is 16.0 Å². The third-order valence-corrected chi connectivity index (χ3v) is 7.53. The maximum atomic E-state index is 13.4. The number of amides is 4. The molecule has 0 radical (unpaired) electrons. The van der Waals surface area contributed by atoms with Gasteiger partial charge in [0.1, 0.15) is 30.3 Å². The van der Waals surface area contributed by atoms with Gasteiger partial charge in [-0.3, -0.25) is 14.9 Å². The van der Waals surface area contributed by atoms with Gasteiger partial charge in [-0.2, -0.15) is 0 Å². The van der Waals surface area contributed by atoms with Crippen LogP contribution in [-0.2, 0) is 22.8 Å². The van der Waals surface area contributed by atoms with E-state index in [1.807, 2.05) is 0 Å². The van der Waals surface area contributed by atoms with Gasteiger partial charge < -0.3 is 9.47 Å². The average molecular weight is 642 g/mol. The molecule has 1 N–H and O–H groups in total. The molecule has 4 amide bonds. The third-order valence-electron chi connectivity index (χ3n) is 6.20. The second-order valence-electron chi connectivity index (χ2n) is 9.05. The van der Waals surface area contributed by atoms with E-state index < -0.39 is 17.8 Å². The molecule has 1 saturated heterocycles. The number of hydrogen-bond acceptors (Lipinski definition) is 5. The Hall–Kier alpha value is -4.01. The van der Waals surface area contributed by atoms with Crippen LogP contribution in [0.3, 0.4) is 0 Å². The van der Waals surface area contributed by atoms with Crippen LogP contribution in [0.25, 0.3) is 6.08 Å². The average Bonchev–Trinajstić information content (AvgIpc) is 2.96. The highest BCUT2D eigenvalue weighted by Gasteiger charge is 2.37. The van der Waals surface area contributed by atoms with E-state index in [-0.39, 0.29) is 24.5 Å². The van der Waals surface area contributed by atoms with Gasteiger partial charge in [0, 0.05) is 21.2 Å². The molecule has 11 heteroatoms. The molecule has 0 unspecified atom stereocenters. The fourth-order valence-electron chi connectivity index (χ4n) is 4.06. The first-order chi connectivity index (χ1) is 20.2. The zero-order valence-electron chi connectivity index (χ0n) is 21.6. The summed E-state index contributed by atoms with van der Waals surface area (Å²) in [7, 11) is 0. The van der Waals surface area contributed by atoms with Crippen molar-refractivity contribution in [1.29, 1.82) is 0 Å². The summed E-state index contributed by atoms with van der Waals surface area (Å²) in [6.07, 6.45) is 1.38. The Morgan fingerprint density at radius 2 is 1.50 bits per heavy atom. The van der Waals surface area contributed by atoms with Crippen molar-refractivity contribution in [3.63, 3.8) is 0 Å². The Kier molecular flexibility index (Phi) is 9.04. The van der Waals surface area contributed by atoms with Crippen molar-refractivity contribution < 1.29 is 23.9 Å². The Balaban J connectivity index is 1.33. The molecule has 0 bridgehead atoms. The van der Waals surface area contributed by atoms with E-state index in [9.17, 15) is 14.4 Å². The molecular formula is C31H20Cl4N2O5. The van der Waals surface area contributed by atoms with Gasteiger partial charge in [0.05, 0.1) is 15.7 Å². The van der Waals surface area contributed by atoms with E-state index in [1.165, 1.54) is 18.2 Å². The maximum absolute atomic E-state index is 13.4. The topological polar surface area (TPSA) is 84.9 Å². The highest BCUT2D eigenvalue weighted by molar-refractivity contribution is 6.42. The summed E-state index contributed by atoms with van der Waals surface area (Å²) in [6.45, 7) is 0.354. The van der Waals surface area contributed by atoms with Crippen molar-refractivity contribution in [2.75, 3.05) is 4.90 Å². The van der Waals surface area contributed by atoms with E-state index in [2.05, 4.69) is 5.32 Å². The molecule has 4 aromatic rings. The predicted octanol–water partition coefficient (Wildman–Crippen LogP) is 8.12. The SMILES string of the molecule is O=C1NC(=O)N(c2ccc(OCc3ccc(Cl)cc3Cl)cc2)C(=O)/C1=C/c1ccccc1OCc1ccc(Cl)c(Cl)c1. The molecule has 1 aliphatic heterocycles. The highest BCUT2D eigenvalue weighted by atomic mass is 35.5. The number of anilines is 1. The standard InChI is InChI=1S/C31H20Cl4N2O5/c32-21-7-6-20(26(34)15-21)17-41-23-10-8-22(9-11-23)37-30(39)24(29(38)36-31(37)40)14-19-3-1-2-4-28(19)42-16-18-5-12-25(33)27(35)13-18/h1-15H,16-17H2,(H,36,38,40)/b24-14+. The molecule has 0 aromatic heterocycles. The summed E-state index contributed by atoms with van der Waals surface area (Å²) in [5.74, 6) is -0.707. The molecule has 7 nitrogen and oxygen atoms in total. The molecule has 42 heavy (non-hydrogen) atoms. The van der Waals surface area contributed by atoms with Crippen LogP contribution in [0.15, 0.2) is 90.5 Å². The number of hydrogen-bond donors (Lipinski definition) is 1. The van der Waals surface area contributed by atoms with Crippen LogP contribution < -0.4 is 19.7 Å². The van der Waals surface area contributed by atoms with Crippen molar-refractivity contribution in [2.45, 2.75) is 13.2 Å².